The molecule has 3 rings (SSSR count). The number of rotatable bonds is 2. The van der Waals surface area contributed by atoms with Crippen LogP contribution in [0.4, 0.5) is 0 Å². The van der Waals surface area contributed by atoms with Gasteiger partial charge in [0.25, 0.3) is 0 Å². The van der Waals surface area contributed by atoms with Gasteiger partial charge in [-0.3, -0.25) is 0 Å². The second-order valence-corrected chi connectivity index (χ2v) is 6.80. The molecule has 7 heteroatoms. The van der Waals surface area contributed by atoms with Gasteiger partial charge in [0.15, 0.2) is 11.6 Å². The van der Waals surface area contributed by atoms with E-state index in [1.54, 1.807) is 7.11 Å². The highest BCUT2D eigenvalue weighted by Gasteiger charge is 2.27. The normalized spacial score (nSPS) is 11.6. The van der Waals surface area contributed by atoms with Crippen LogP contribution >= 0.6 is 34.8 Å². The molecule has 0 N–H and O–H groups in total. The summed E-state index contributed by atoms with van der Waals surface area (Å²) in [5, 5.41) is 1.98. The first-order valence-electron chi connectivity index (χ1n) is 6.32. The van der Waals surface area contributed by atoms with Crippen LogP contribution in [-0.2, 0) is 3.79 Å². The predicted molar refractivity (Wildman–Crippen MR) is 88.6 cm³/mol. The van der Waals surface area contributed by atoms with Gasteiger partial charge in [0.05, 0.1) is 7.11 Å². The highest BCUT2D eigenvalue weighted by molar-refractivity contribution is 6.66. The molecular formula is C15H10Cl3N3O. The minimum Gasteiger partial charge on any atom is -0.497 e. The quantitative estimate of drug-likeness (QED) is 0.635. The molecule has 0 aliphatic rings. The zero-order valence-electron chi connectivity index (χ0n) is 11.4. The molecule has 22 heavy (non-hydrogen) atoms. The van der Waals surface area contributed by atoms with Crippen LogP contribution in [0.1, 0.15) is 5.82 Å². The van der Waals surface area contributed by atoms with Crippen molar-refractivity contribution in [3.05, 3.63) is 48.5 Å². The van der Waals surface area contributed by atoms with Gasteiger partial charge in [-0.2, -0.15) is 0 Å². The molecule has 4 nitrogen and oxygen atoms in total. The average Bonchev–Trinajstić information content (AvgIpc) is 2.53. The topological polar surface area (TPSA) is 47.9 Å². The number of hydrogen-bond acceptors (Lipinski definition) is 4. The third kappa shape index (κ3) is 2.95. The van der Waals surface area contributed by atoms with Gasteiger partial charge >= 0.3 is 0 Å². The van der Waals surface area contributed by atoms with E-state index in [4.69, 9.17) is 39.5 Å². The summed E-state index contributed by atoms with van der Waals surface area (Å²) in [5.74, 6) is 1.32. The van der Waals surface area contributed by atoms with Crippen molar-refractivity contribution in [1.29, 1.82) is 0 Å². The molecule has 0 bridgehead atoms. The molecule has 0 aliphatic heterocycles. The van der Waals surface area contributed by atoms with Gasteiger partial charge in [-0.1, -0.05) is 53.0 Å². The van der Waals surface area contributed by atoms with Crippen LogP contribution < -0.4 is 4.74 Å². The van der Waals surface area contributed by atoms with E-state index in [1.165, 1.54) is 6.33 Å². The standard InChI is InChI=1S/C15H10Cl3N3O/c1-22-10-5-6-11-9(7-10)3-2-4-12(11)13-19-8-20-14(21-13)15(16,17)18/h2-8H,1H3. The Morgan fingerprint density at radius 1 is 1.05 bits per heavy atom. The Balaban J connectivity index is 2.18. The largest absolute Gasteiger partial charge is 0.497 e. The first-order chi connectivity index (χ1) is 10.5. The van der Waals surface area contributed by atoms with Crippen molar-refractivity contribution in [2.45, 2.75) is 3.79 Å². The fourth-order valence-corrected chi connectivity index (χ4v) is 2.42. The molecule has 0 amide bonds. The summed E-state index contributed by atoms with van der Waals surface area (Å²) in [5.41, 5.74) is 0.832. The molecule has 0 spiro atoms. The van der Waals surface area contributed by atoms with Crippen molar-refractivity contribution in [2.75, 3.05) is 7.11 Å². The zero-order chi connectivity index (χ0) is 15.7. The van der Waals surface area contributed by atoms with Gasteiger partial charge in [-0.25, -0.2) is 15.0 Å². The Hall–Kier alpha value is -1.62. The van der Waals surface area contributed by atoms with Crippen LogP contribution in [0.15, 0.2) is 42.7 Å². The minimum atomic E-state index is -1.69. The van der Waals surface area contributed by atoms with Crippen LogP contribution in [0.2, 0.25) is 0 Å². The van der Waals surface area contributed by atoms with E-state index in [9.17, 15) is 0 Å². The van der Waals surface area contributed by atoms with Crippen molar-refractivity contribution >= 4 is 45.6 Å². The Morgan fingerprint density at radius 3 is 2.59 bits per heavy atom. The number of benzene rings is 2. The molecular weight excluding hydrogens is 345 g/mol. The van der Waals surface area contributed by atoms with E-state index in [0.717, 1.165) is 22.1 Å². The lowest BCUT2D eigenvalue weighted by atomic mass is 10.0. The lowest BCUT2D eigenvalue weighted by Gasteiger charge is -2.11. The van der Waals surface area contributed by atoms with Crippen LogP contribution in [0.3, 0.4) is 0 Å². The maximum absolute atomic E-state index is 5.84. The minimum absolute atomic E-state index is 0.0908. The van der Waals surface area contributed by atoms with Crippen LogP contribution in [0.25, 0.3) is 22.2 Å². The van der Waals surface area contributed by atoms with Crippen molar-refractivity contribution < 1.29 is 4.74 Å². The number of methoxy groups -OCH3 is 1. The van der Waals surface area contributed by atoms with Crippen LogP contribution in [-0.4, -0.2) is 22.1 Å². The lowest BCUT2D eigenvalue weighted by Crippen LogP contribution is -2.08. The van der Waals surface area contributed by atoms with Crippen LogP contribution in [0, 0.1) is 0 Å². The van der Waals surface area contributed by atoms with Gasteiger partial charge in [0.1, 0.15) is 12.1 Å². The third-order valence-electron chi connectivity index (χ3n) is 3.15. The maximum Gasteiger partial charge on any atom is 0.250 e. The molecule has 0 unspecified atom stereocenters. The number of ether oxygens (including phenoxy) is 1. The fourth-order valence-electron chi connectivity index (χ4n) is 2.15. The molecule has 112 valence electrons. The van der Waals surface area contributed by atoms with E-state index in [1.807, 2.05) is 36.4 Å². The Labute approximate surface area is 142 Å². The van der Waals surface area contributed by atoms with E-state index in [0.29, 0.717) is 5.82 Å². The van der Waals surface area contributed by atoms with E-state index >= 15 is 0 Å². The summed E-state index contributed by atoms with van der Waals surface area (Å²) in [4.78, 5) is 12.3. The molecule has 0 saturated heterocycles. The smallest absolute Gasteiger partial charge is 0.250 e. The first-order valence-corrected chi connectivity index (χ1v) is 7.46. The predicted octanol–water partition coefficient (Wildman–Crippen LogP) is 4.53. The summed E-state index contributed by atoms with van der Waals surface area (Å²) in [6.07, 6.45) is 1.34. The number of fused-ring (bicyclic) bond motifs is 1. The number of halogens is 3. The summed E-state index contributed by atoms with van der Waals surface area (Å²) in [6.45, 7) is 0. The van der Waals surface area contributed by atoms with Crippen molar-refractivity contribution in [2.24, 2.45) is 0 Å². The zero-order valence-corrected chi connectivity index (χ0v) is 13.7. The number of hydrogen-bond donors (Lipinski definition) is 0. The molecule has 0 aliphatic carbocycles. The molecule has 3 aromatic rings. The molecule has 1 heterocycles. The van der Waals surface area contributed by atoms with Crippen molar-refractivity contribution in [3.8, 4) is 17.1 Å². The van der Waals surface area contributed by atoms with Gasteiger partial charge in [0, 0.05) is 5.56 Å². The van der Waals surface area contributed by atoms with Gasteiger partial charge in [-0.15, -0.1) is 0 Å². The molecule has 0 fully saturated rings. The third-order valence-corrected chi connectivity index (χ3v) is 3.66. The Bertz CT molecular complexity index is 834. The number of aromatic nitrogens is 3. The van der Waals surface area contributed by atoms with E-state index in [2.05, 4.69) is 15.0 Å². The van der Waals surface area contributed by atoms with Crippen LogP contribution in [0.5, 0.6) is 5.75 Å². The van der Waals surface area contributed by atoms with Crippen molar-refractivity contribution in [3.63, 3.8) is 0 Å². The van der Waals surface area contributed by atoms with Gasteiger partial charge in [-0.05, 0) is 29.0 Å². The van der Waals surface area contributed by atoms with Gasteiger partial charge < -0.3 is 4.74 Å². The van der Waals surface area contributed by atoms with E-state index in [-0.39, 0.29) is 5.82 Å². The van der Waals surface area contributed by atoms with E-state index < -0.39 is 3.79 Å². The summed E-state index contributed by atoms with van der Waals surface area (Å²) in [7, 11) is 1.63. The molecule has 2 aromatic carbocycles. The average molecular weight is 355 g/mol. The highest BCUT2D eigenvalue weighted by atomic mass is 35.6. The molecule has 0 radical (unpaired) electrons. The Kier molecular flexibility index (Phi) is 4.08. The number of nitrogens with zero attached hydrogens (tertiary/aromatic N) is 3. The fraction of sp³-hybridized carbons (Fsp3) is 0.133. The lowest BCUT2D eigenvalue weighted by molar-refractivity contribution is 0.415. The maximum atomic E-state index is 5.84. The monoisotopic (exact) mass is 353 g/mol. The molecule has 1 aromatic heterocycles. The molecule has 0 saturated carbocycles. The molecule has 0 atom stereocenters. The summed E-state index contributed by atoms with van der Waals surface area (Å²) in [6, 6.07) is 11.6. The number of alkyl halides is 3. The summed E-state index contributed by atoms with van der Waals surface area (Å²) < 4.78 is 3.55. The first kappa shape index (κ1) is 15.3. The second kappa shape index (κ2) is 5.88. The van der Waals surface area contributed by atoms with Crippen molar-refractivity contribution in [1.82, 2.24) is 15.0 Å². The SMILES string of the molecule is COc1ccc2c(-c3ncnc(C(Cl)(Cl)Cl)n3)cccc2c1. The Morgan fingerprint density at radius 2 is 1.86 bits per heavy atom. The van der Waals surface area contributed by atoms with Gasteiger partial charge in [0.2, 0.25) is 3.79 Å². The highest BCUT2D eigenvalue weighted by Crippen LogP contribution is 2.36. The second-order valence-electron chi connectivity index (χ2n) is 4.52. The summed E-state index contributed by atoms with van der Waals surface area (Å²) >= 11 is 17.5.